The van der Waals surface area contributed by atoms with Crippen molar-refractivity contribution in [2.75, 3.05) is 20.8 Å². The molecule has 8 heteroatoms. The number of methoxy groups -OCH3 is 2. The number of carbonyl (C=O) groups excluding carboxylic acids is 2. The first-order chi connectivity index (χ1) is 13.5. The van der Waals surface area contributed by atoms with Gasteiger partial charge in [-0.25, -0.2) is 5.43 Å². The van der Waals surface area contributed by atoms with Gasteiger partial charge in [0.1, 0.15) is 5.75 Å². The summed E-state index contributed by atoms with van der Waals surface area (Å²) in [4.78, 5) is 23.5. The second kappa shape index (κ2) is 10.4. The normalized spacial score (nSPS) is 10.8. The number of hydrazone groups is 1. The Morgan fingerprint density at radius 1 is 1.11 bits per heavy atom. The van der Waals surface area contributed by atoms with Gasteiger partial charge in [-0.2, -0.15) is 5.10 Å². The number of benzene rings is 2. The number of phenolic OH excluding ortho intramolecular Hbond substituents is 1. The van der Waals surface area contributed by atoms with Crippen LogP contribution in [0.3, 0.4) is 0 Å². The van der Waals surface area contributed by atoms with Crippen molar-refractivity contribution in [2.24, 2.45) is 5.10 Å². The number of rotatable bonds is 8. The molecule has 2 amide bonds. The van der Waals surface area contributed by atoms with Crippen molar-refractivity contribution in [1.82, 2.24) is 10.7 Å². The van der Waals surface area contributed by atoms with Crippen LogP contribution in [0.1, 0.15) is 11.1 Å². The average molecular weight is 383 g/mol. The first-order valence-corrected chi connectivity index (χ1v) is 8.31. The summed E-state index contributed by atoms with van der Waals surface area (Å²) < 4.78 is 10.0. The third-order valence-electron chi connectivity index (χ3n) is 3.61. The molecule has 8 nitrogen and oxygen atoms in total. The van der Waals surface area contributed by atoms with Gasteiger partial charge in [0.05, 0.1) is 27.0 Å². The standard InChI is InChI=1S/C20H21N3O5/c1-27-16-9-6-14(7-10-16)8-11-18(24)21-13-19(25)23-22-12-15-4-3-5-17(28-2)20(15)26/h3-12,26H,13H2,1-2H3,(H,21,24)(H,23,25)/b11-8+,22-12-. The van der Waals surface area contributed by atoms with Gasteiger partial charge in [-0.15, -0.1) is 0 Å². The zero-order chi connectivity index (χ0) is 20.4. The van der Waals surface area contributed by atoms with E-state index in [-0.39, 0.29) is 12.3 Å². The van der Waals surface area contributed by atoms with Crippen molar-refractivity contribution in [2.45, 2.75) is 0 Å². The average Bonchev–Trinajstić information content (AvgIpc) is 2.72. The van der Waals surface area contributed by atoms with Crippen LogP contribution in [0.25, 0.3) is 6.08 Å². The molecular weight excluding hydrogens is 362 g/mol. The molecule has 2 aromatic rings. The van der Waals surface area contributed by atoms with Gasteiger partial charge in [-0.1, -0.05) is 18.2 Å². The number of phenols is 1. The Kier molecular flexibility index (Phi) is 7.59. The lowest BCUT2D eigenvalue weighted by Gasteiger charge is -2.05. The Labute approximate surface area is 162 Å². The zero-order valence-corrected chi connectivity index (χ0v) is 15.5. The van der Waals surface area contributed by atoms with E-state index in [0.29, 0.717) is 11.3 Å². The predicted molar refractivity (Wildman–Crippen MR) is 105 cm³/mol. The second-order valence-electron chi connectivity index (χ2n) is 5.52. The van der Waals surface area contributed by atoms with Crippen LogP contribution in [0.4, 0.5) is 0 Å². The summed E-state index contributed by atoms with van der Waals surface area (Å²) in [5.41, 5.74) is 3.47. The van der Waals surface area contributed by atoms with E-state index >= 15 is 0 Å². The molecule has 0 aromatic heterocycles. The Hall–Kier alpha value is -3.81. The third-order valence-corrected chi connectivity index (χ3v) is 3.61. The minimum atomic E-state index is -0.509. The van der Waals surface area contributed by atoms with E-state index < -0.39 is 11.8 Å². The summed E-state index contributed by atoms with van der Waals surface area (Å²) in [5, 5.41) is 16.1. The molecule has 28 heavy (non-hydrogen) atoms. The molecule has 0 fully saturated rings. The van der Waals surface area contributed by atoms with E-state index in [1.54, 1.807) is 55.7 Å². The van der Waals surface area contributed by atoms with Crippen molar-refractivity contribution >= 4 is 24.1 Å². The molecule has 0 saturated heterocycles. The van der Waals surface area contributed by atoms with E-state index in [9.17, 15) is 14.7 Å². The molecule has 0 unspecified atom stereocenters. The van der Waals surface area contributed by atoms with Crippen molar-refractivity contribution in [3.8, 4) is 17.2 Å². The highest BCUT2D eigenvalue weighted by Gasteiger charge is 2.05. The second-order valence-corrected chi connectivity index (χ2v) is 5.52. The van der Waals surface area contributed by atoms with Crippen LogP contribution < -0.4 is 20.2 Å². The van der Waals surface area contributed by atoms with Crippen molar-refractivity contribution in [3.05, 3.63) is 59.7 Å². The minimum Gasteiger partial charge on any atom is -0.504 e. The number of hydrogen-bond acceptors (Lipinski definition) is 6. The summed E-state index contributed by atoms with van der Waals surface area (Å²) in [6.07, 6.45) is 4.23. The van der Waals surface area contributed by atoms with Gasteiger partial charge in [-0.3, -0.25) is 9.59 Å². The molecule has 0 spiro atoms. The van der Waals surface area contributed by atoms with Crippen LogP contribution in [0.5, 0.6) is 17.2 Å². The smallest absolute Gasteiger partial charge is 0.259 e. The highest BCUT2D eigenvalue weighted by Crippen LogP contribution is 2.27. The number of nitrogens with zero attached hydrogens (tertiary/aromatic N) is 1. The van der Waals surface area contributed by atoms with E-state index in [1.807, 2.05) is 0 Å². The van der Waals surface area contributed by atoms with E-state index in [4.69, 9.17) is 9.47 Å². The van der Waals surface area contributed by atoms with E-state index in [0.717, 1.165) is 11.3 Å². The predicted octanol–water partition coefficient (Wildman–Crippen LogP) is 1.69. The quantitative estimate of drug-likeness (QED) is 0.365. The van der Waals surface area contributed by atoms with Crippen LogP contribution in [0.2, 0.25) is 0 Å². The molecule has 2 rings (SSSR count). The van der Waals surface area contributed by atoms with Crippen LogP contribution in [0.15, 0.2) is 53.6 Å². The third kappa shape index (κ3) is 6.17. The van der Waals surface area contributed by atoms with Crippen LogP contribution in [0, 0.1) is 0 Å². The Bertz CT molecular complexity index is 876. The number of hydrogen-bond donors (Lipinski definition) is 3. The molecule has 0 atom stereocenters. The van der Waals surface area contributed by atoms with Crippen molar-refractivity contribution in [3.63, 3.8) is 0 Å². The molecule has 0 heterocycles. The maximum absolute atomic E-state index is 11.8. The van der Waals surface area contributed by atoms with Crippen LogP contribution in [-0.4, -0.2) is 43.9 Å². The number of para-hydroxylation sites is 1. The number of nitrogens with one attached hydrogen (secondary N) is 2. The lowest BCUT2D eigenvalue weighted by molar-refractivity contribution is -0.123. The van der Waals surface area contributed by atoms with E-state index in [1.165, 1.54) is 19.4 Å². The molecule has 0 radical (unpaired) electrons. The Balaban J connectivity index is 1.78. The minimum absolute atomic E-state index is 0.0834. The first kappa shape index (κ1) is 20.5. The maximum Gasteiger partial charge on any atom is 0.259 e. The summed E-state index contributed by atoms with van der Waals surface area (Å²) in [7, 11) is 3.01. The Morgan fingerprint density at radius 2 is 1.86 bits per heavy atom. The van der Waals surface area contributed by atoms with Gasteiger partial charge in [0.15, 0.2) is 11.5 Å². The fraction of sp³-hybridized carbons (Fsp3) is 0.150. The number of aromatic hydroxyl groups is 1. The topological polar surface area (TPSA) is 109 Å². The molecule has 2 aromatic carbocycles. The summed E-state index contributed by atoms with van der Waals surface area (Å²) in [6, 6.07) is 12.1. The van der Waals surface area contributed by atoms with Gasteiger partial charge in [0.25, 0.3) is 5.91 Å². The summed E-state index contributed by atoms with van der Waals surface area (Å²) >= 11 is 0. The van der Waals surface area contributed by atoms with Gasteiger partial charge in [-0.05, 0) is 35.9 Å². The molecule has 0 bridgehead atoms. The van der Waals surface area contributed by atoms with Crippen molar-refractivity contribution < 1.29 is 24.2 Å². The lowest BCUT2D eigenvalue weighted by atomic mass is 10.2. The molecule has 146 valence electrons. The fourth-order valence-electron chi connectivity index (χ4n) is 2.13. The molecular formula is C20H21N3O5. The molecule has 0 saturated carbocycles. The lowest BCUT2D eigenvalue weighted by Crippen LogP contribution is -2.34. The van der Waals surface area contributed by atoms with Crippen LogP contribution >= 0.6 is 0 Å². The monoisotopic (exact) mass is 383 g/mol. The Morgan fingerprint density at radius 3 is 2.54 bits per heavy atom. The molecule has 0 aliphatic heterocycles. The highest BCUT2D eigenvalue weighted by atomic mass is 16.5. The highest BCUT2D eigenvalue weighted by molar-refractivity contribution is 5.94. The van der Waals surface area contributed by atoms with Gasteiger partial charge in [0, 0.05) is 11.6 Å². The van der Waals surface area contributed by atoms with Crippen molar-refractivity contribution in [1.29, 1.82) is 0 Å². The maximum atomic E-state index is 11.8. The summed E-state index contributed by atoms with van der Waals surface area (Å²) in [6.45, 7) is -0.243. The van der Waals surface area contributed by atoms with E-state index in [2.05, 4.69) is 15.8 Å². The first-order valence-electron chi connectivity index (χ1n) is 8.31. The molecule has 0 aliphatic rings. The number of amides is 2. The van der Waals surface area contributed by atoms with Gasteiger partial charge >= 0.3 is 0 Å². The largest absolute Gasteiger partial charge is 0.504 e. The van der Waals surface area contributed by atoms with Gasteiger partial charge in [0.2, 0.25) is 5.91 Å². The molecule has 3 N–H and O–H groups in total. The van der Waals surface area contributed by atoms with Crippen LogP contribution in [-0.2, 0) is 9.59 Å². The number of ether oxygens (including phenoxy) is 2. The fourth-order valence-corrected chi connectivity index (χ4v) is 2.13. The SMILES string of the molecule is COc1ccc(/C=C/C(=O)NCC(=O)N/N=C\c2cccc(OC)c2O)cc1. The molecule has 0 aliphatic carbocycles. The van der Waals surface area contributed by atoms with Gasteiger partial charge < -0.3 is 19.9 Å². The summed E-state index contributed by atoms with van der Waals surface area (Å²) in [5.74, 6) is 0.0115. The zero-order valence-electron chi connectivity index (χ0n) is 15.5. The number of carbonyl (C=O) groups is 2.